The van der Waals surface area contributed by atoms with Gasteiger partial charge in [-0.2, -0.15) is 0 Å². The van der Waals surface area contributed by atoms with Crippen LogP contribution >= 0.6 is 0 Å². The Kier molecular flexibility index (Phi) is 7.23. The van der Waals surface area contributed by atoms with Crippen molar-refractivity contribution in [2.24, 2.45) is 11.7 Å². The molecule has 0 aliphatic carbocycles. The molecule has 0 radical (unpaired) electrons. The first kappa shape index (κ1) is 19.5. The molecule has 1 aromatic rings. The highest BCUT2D eigenvalue weighted by Crippen LogP contribution is 2.12. The third-order valence-corrected chi connectivity index (χ3v) is 3.44. The number of carbonyl (C=O) groups is 3. The Morgan fingerprint density at radius 1 is 1.08 bits per heavy atom. The molecule has 24 heavy (non-hydrogen) atoms. The summed E-state index contributed by atoms with van der Waals surface area (Å²) in [6.07, 6.45) is 0.659. The Bertz CT molecular complexity index is 584. The van der Waals surface area contributed by atoms with E-state index in [1.165, 1.54) is 19.1 Å². The first-order chi connectivity index (χ1) is 11.2. The van der Waals surface area contributed by atoms with Crippen molar-refractivity contribution in [1.82, 2.24) is 10.6 Å². The molecule has 0 saturated carbocycles. The Morgan fingerprint density at radius 2 is 1.67 bits per heavy atom. The summed E-state index contributed by atoms with van der Waals surface area (Å²) in [5, 5.41) is 14.5. The van der Waals surface area contributed by atoms with Crippen molar-refractivity contribution >= 4 is 17.7 Å². The van der Waals surface area contributed by atoms with E-state index in [1.54, 1.807) is 12.1 Å². The van der Waals surface area contributed by atoms with Crippen molar-refractivity contribution in [3.63, 3.8) is 0 Å². The fourth-order valence-corrected chi connectivity index (χ4v) is 2.31. The van der Waals surface area contributed by atoms with Gasteiger partial charge in [0, 0.05) is 13.3 Å². The van der Waals surface area contributed by atoms with Crippen LogP contribution in [0.1, 0.15) is 32.8 Å². The number of hydrogen-bond donors (Lipinski definition) is 4. The molecule has 0 aliphatic rings. The van der Waals surface area contributed by atoms with Crippen LogP contribution in [0.5, 0.6) is 5.75 Å². The van der Waals surface area contributed by atoms with Gasteiger partial charge in [0.05, 0.1) is 0 Å². The molecule has 0 fully saturated rings. The van der Waals surface area contributed by atoms with Crippen molar-refractivity contribution in [1.29, 1.82) is 0 Å². The smallest absolute Gasteiger partial charge is 0.243 e. The van der Waals surface area contributed by atoms with Crippen LogP contribution in [0.15, 0.2) is 24.3 Å². The topological polar surface area (TPSA) is 122 Å². The van der Waals surface area contributed by atoms with Gasteiger partial charge >= 0.3 is 0 Å². The van der Waals surface area contributed by atoms with Gasteiger partial charge in [-0.25, -0.2) is 0 Å². The zero-order valence-electron chi connectivity index (χ0n) is 14.2. The number of nitrogens with one attached hydrogen (secondary N) is 2. The second-order valence-corrected chi connectivity index (χ2v) is 6.22. The van der Waals surface area contributed by atoms with E-state index < -0.39 is 23.9 Å². The molecule has 0 spiro atoms. The molecule has 7 nitrogen and oxygen atoms in total. The number of phenols is 1. The van der Waals surface area contributed by atoms with Crippen molar-refractivity contribution in [2.75, 3.05) is 0 Å². The number of benzene rings is 1. The number of hydrogen-bond acceptors (Lipinski definition) is 4. The predicted octanol–water partition coefficient (Wildman–Crippen LogP) is 0.456. The van der Waals surface area contributed by atoms with Gasteiger partial charge in [0.1, 0.15) is 17.8 Å². The van der Waals surface area contributed by atoms with E-state index in [2.05, 4.69) is 10.6 Å². The highest BCUT2D eigenvalue weighted by atomic mass is 16.3. The van der Waals surface area contributed by atoms with Crippen LogP contribution in [0.25, 0.3) is 0 Å². The second kappa shape index (κ2) is 8.90. The Morgan fingerprint density at radius 3 is 2.12 bits per heavy atom. The normalized spacial score (nSPS) is 13.2. The number of primary amides is 1. The number of carbonyl (C=O) groups excluding carboxylic acids is 3. The lowest BCUT2D eigenvalue weighted by atomic mass is 10.0. The molecule has 1 aromatic carbocycles. The van der Waals surface area contributed by atoms with Gasteiger partial charge < -0.3 is 21.5 Å². The number of nitrogens with two attached hydrogens (primary N) is 1. The summed E-state index contributed by atoms with van der Waals surface area (Å²) in [5.74, 6) is -1.14. The molecule has 0 aliphatic heterocycles. The monoisotopic (exact) mass is 335 g/mol. The minimum absolute atomic E-state index is 0.116. The summed E-state index contributed by atoms with van der Waals surface area (Å²) >= 11 is 0. The standard InChI is InChI=1S/C17H25N3O4/c1-10(2)8-14(16(18)23)20-17(24)15(19-11(3)21)9-12-4-6-13(22)7-5-12/h4-7,10,14-15,22H,8-9H2,1-3H3,(H2,18,23)(H,19,21)(H,20,24)/t14-,15-/m0/s1. The van der Waals surface area contributed by atoms with E-state index in [4.69, 9.17) is 5.73 Å². The number of phenolic OH excluding ortho intramolecular Hbond substituents is 1. The average molecular weight is 335 g/mol. The molecule has 0 unspecified atom stereocenters. The van der Waals surface area contributed by atoms with Gasteiger partial charge in [-0.05, 0) is 30.0 Å². The van der Waals surface area contributed by atoms with E-state index in [0.717, 1.165) is 5.56 Å². The summed E-state index contributed by atoms with van der Waals surface area (Å²) in [4.78, 5) is 35.3. The Labute approximate surface area is 141 Å². The van der Waals surface area contributed by atoms with Gasteiger partial charge in [-0.1, -0.05) is 26.0 Å². The molecule has 3 amide bonds. The van der Waals surface area contributed by atoms with Crippen molar-refractivity contribution < 1.29 is 19.5 Å². The fourth-order valence-electron chi connectivity index (χ4n) is 2.31. The highest BCUT2D eigenvalue weighted by molar-refractivity contribution is 5.91. The van der Waals surface area contributed by atoms with Gasteiger partial charge in [0.15, 0.2) is 0 Å². The molecule has 0 bridgehead atoms. The summed E-state index contributed by atoms with van der Waals surface area (Å²) in [7, 11) is 0. The van der Waals surface area contributed by atoms with Gasteiger partial charge in [0.25, 0.3) is 0 Å². The molecule has 132 valence electrons. The summed E-state index contributed by atoms with van der Waals surface area (Å²) in [5.41, 5.74) is 6.10. The van der Waals surface area contributed by atoms with Gasteiger partial charge in [0.2, 0.25) is 17.7 Å². The van der Waals surface area contributed by atoms with Gasteiger partial charge in [-0.15, -0.1) is 0 Å². The summed E-state index contributed by atoms with van der Waals surface area (Å²) in [6.45, 7) is 5.16. The van der Waals surface area contributed by atoms with E-state index in [9.17, 15) is 19.5 Å². The van der Waals surface area contributed by atoms with Crippen molar-refractivity contribution in [3.8, 4) is 5.75 Å². The van der Waals surface area contributed by atoms with Crippen LogP contribution in [0.2, 0.25) is 0 Å². The number of amides is 3. The van der Waals surface area contributed by atoms with Crippen LogP contribution in [-0.2, 0) is 20.8 Å². The quantitative estimate of drug-likeness (QED) is 0.551. The van der Waals surface area contributed by atoms with Gasteiger partial charge in [-0.3, -0.25) is 14.4 Å². The lowest BCUT2D eigenvalue weighted by Gasteiger charge is -2.22. The minimum atomic E-state index is -0.832. The lowest BCUT2D eigenvalue weighted by molar-refractivity contribution is -0.131. The number of rotatable bonds is 8. The van der Waals surface area contributed by atoms with Crippen LogP contribution in [0.3, 0.4) is 0 Å². The average Bonchev–Trinajstić information content (AvgIpc) is 2.47. The Hall–Kier alpha value is -2.57. The zero-order chi connectivity index (χ0) is 18.3. The molecule has 0 aromatic heterocycles. The number of aromatic hydroxyl groups is 1. The molecule has 5 N–H and O–H groups in total. The molecule has 0 heterocycles. The van der Waals surface area contributed by atoms with Crippen LogP contribution in [0.4, 0.5) is 0 Å². The fraction of sp³-hybridized carbons (Fsp3) is 0.471. The maximum atomic E-state index is 12.5. The minimum Gasteiger partial charge on any atom is -0.508 e. The largest absolute Gasteiger partial charge is 0.508 e. The molecule has 1 rings (SSSR count). The Balaban J connectivity index is 2.85. The molecule has 7 heteroatoms. The van der Waals surface area contributed by atoms with Crippen molar-refractivity contribution in [2.45, 2.75) is 45.7 Å². The van der Waals surface area contributed by atoms with Crippen LogP contribution in [0, 0.1) is 5.92 Å². The third kappa shape index (κ3) is 6.68. The first-order valence-corrected chi connectivity index (χ1v) is 7.83. The second-order valence-electron chi connectivity index (χ2n) is 6.22. The van der Waals surface area contributed by atoms with E-state index in [1.807, 2.05) is 13.8 Å². The summed E-state index contributed by atoms with van der Waals surface area (Å²) in [6, 6.07) is 4.72. The summed E-state index contributed by atoms with van der Waals surface area (Å²) < 4.78 is 0. The highest BCUT2D eigenvalue weighted by Gasteiger charge is 2.25. The van der Waals surface area contributed by atoms with E-state index >= 15 is 0 Å². The molecular weight excluding hydrogens is 310 g/mol. The van der Waals surface area contributed by atoms with E-state index in [-0.39, 0.29) is 24.0 Å². The zero-order valence-corrected chi connectivity index (χ0v) is 14.2. The SMILES string of the molecule is CC(=O)N[C@@H](Cc1ccc(O)cc1)C(=O)N[C@@H](CC(C)C)C(N)=O. The van der Waals surface area contributed by atoms with Crippen LogP contribution in [-0.4, -0.2) is 34.9 Å². The molecule has 2 atom stereocenters. The lowest BCUT2D eigenvalue weighted by Crippen LogP contribution is -2.53. The predicted molar refractivity (Wildman–Crippen MR) is 90.0 cm³/mol. The molecular formula is C17H25N3O4. The maximum absolute atomic E-state index is 12.5. The van der Waals surface area contributed by atoms with E-state index in [0.29, 0.717) is 6.42 Å². The maximum Gasteiger partial charge on any atom is 0.243 e. The molecule has 0 saturated heterocycles. The first-order valence-electron chi connectivity index (χ1n) is 7.83. The van der Waals surface area contributed by atoms with Crippen molar-refractivity contribution in [3.05, 3.63) is 29.8 Å². The third-order valence-electron chi connectivity index (χ3n) is 3.44. The van der Waals surface area contributed by atoms with Crippen LogP contribution < -0.4 is 16.4 Å².